The molecule has 2 N–H and O–H groups in total. The van der Waals surface area contributed by atoms with Crippen LogP contribution < -0.4 is 29.6 Å². The molecular formula is C30H39N5O7. The van der Waals surface area contributed by atoms with Crippen LogP contribution in [-0.4, -0.2) is 81.5 Å². The summed E-state index contributed by atoms with van der Waals surface area (Å²) in [6, 6.07) is 7.12. The van der Waals surface area contributed by atoms with Gasteiger partial charge >= 0.3 is 0 Å². The zero-order chi connectivity index (χ0) is 29.7. The number of morpholine rings is 1. The van der Waals surface area contributed by atoms with E-state index in [4.69, 9.17) is 28.1 Å². The van der Waals surface area contributed by atoms with Gasteiger partial charge in [0.15, 0.2) is 22.9 Å². The van der Waals surface area contributed by atoms with E-state index in [0.717, 1.165) is 52.1 Å². The lowest BCUT2D eigenvalue weighted by Crippen LogP contribution is -2.37. The number of hydrogen-bond donors (Lipinski definition) is 2. The number of aryl methyl sites for hydroxylation is 1. The minimum Gasteiger partial charge on any atom is -0.493 e. The summed E-state index contributed by atoms with van der Waals surface area (Å²) in [7, 11) is 4.53. The Morgan fingerprint density at radius 1 is 1.02 bits per heavy atom. The van der Waals surface area contributed by atoms with Crippen LogP contribution in [0.15, 0.2) is 28.7 Å². The summed E-state index contributed by atoms with van der Waals surface area (Å²) in [6.45, 7) is 9.46. The van der Waals surface area contributed by atoms with Crippen LogP contribution in [-0.2, 0) is 16.6 Å². The Morgan fingerprint density at radius 2 is 1.76 bits per heavy atom. The molecule has 2 aliphatic rings. The smallest absolute Gasteiger partial charge is 0.291 e. The SMILES string of the molecule is COc1cc2c(cc1Oc1ccc(C(=O)Nc3c(OC)nc(NCCCN4CCOCC4)nc3OC)o1)C(C)(C)CC2. The summed E-state index contributed by atoms with van der Waals surface area (Å²) in [5.41, 5.74) is 2.70. The van der Waals surface area contributed by atoms with Crippen LogP contribution >= 0.6 is 0 Å². The first kappa shape index (κ1) is 29.5. The predicted octanol–water partition coefficient (Wildman–Crippen LogP) is 4.50. The largest absolute Gasteiger partial charge is 0.493 e. The van der Waals surface area contributed by atoms with E-state index in [0.29, 0.717) is 24.0 Å². The van der Waals surface area contributed by atoms with Crippen LogP contribution in [0.5, 0.6) is 29.2 Å². The van der Waals surface area contributed by atoms with Gasteiger partial charge in [-0.3, -0.25) is 9.69 Å². The molecule has 5 rings (SSSR count). The van der Waals surface area contributed by atoms with E-state index in [1.54, 1.807) is 13.2 Å². The predicted molar refractivity (Wildman–Crippen MR) is 157 cm³/mol. The average Bonchev–Trinajstić information content (AvgIpc) is 3.59. The number of nitrogens with zero attached hydrogens (tertiary/aromatic N) is 3. The highest BCUT2D eigenvalue weighted by molar-refractivity contribution is 6.03. The monoisotopic (exact) mass is 581 g/mol. The van der Waals surface area contributed by atoms with Gasteiger partial charge in [-0.2, -0.15) is 9.97 Å². The van der Waals surface area contributed by atoms with Crippen LogP contribution in [0.3, 0.4) is 0 Å². The minimum atomic E-state index is -0.543. The molecule has 12 nitrogen and oxygen atoms in total. The van der Waals surface area contributed by atoms with Crippen molar-refractivity contribution in [3.63, 3.8) is 0 Å². The van der Waals surface area contributed by atoms with Gasteiger partial charge < -0.3 is 38.7 Å². The summed E-state index contributed by atoms with van der Waals surface area (Å²) in [6.07, 6.45) is 2.96. The quantitative estimate of drug-likeness (QED) is 0.293. The third kappa shape index (κ3) is 6.55. The maximum atomic E-state index is 13.1. The van der Waals surface area contributed by atoms with Crippen LogP contribution in [0.2, 0.25) is 0 Å². The minimum absolute atomic E-state index is 0.0277. The Kier molecular flexibility index (Phi) is 9.03. The van der Waals surface area contributed by atoms with Crippen molar-refractivity contribution >= 4 is 17.5 Å². The van der Waals surface area contributed by atoms with Gasteiger partial charge in [0.2, 0.25) is 17.7 Å². The number of aromatic nitrogens is 2. The highest BCUT2D eigenvalue weighted by Crippen LogP contribution is 2.45. The molecule has 0 bridgehead atoms. The first-order chi connectivity index (χ1) is 20.3. The number of carbonyl (C=O) groups excluding carboxylic acids is 1. The first-order valence-corrected chi connectivity index (χ1v) is 14.2. The van der Waals surface area contributed by atoms with Crippen molar-refractivity contribution in [2.75, 3.05) is 71.4 Å². The molecule has 42 heavy (non-hydrogen) atoms. The Bertz CT molecular complexity index is 1380. The Hall–Kier alpha value is -4.03. The fraction of sp³-hybridized carbons (Fsp3) is 0.500. The molecule has 0 atom stereocenters. The molecule has 226 valence electrons. The maximum Gasteiger partial charge on any atom is 0.291 e. The van der Waals surface area contributed by atoms with E-state index in [1.807, 2.05) is 12.1 Å². The third-order valence-electron chi connectivity index (χ3n) is 7.66. The number of rotatable bonds is 12. The second kappa shape index (κ2) is 12.9. The van der Waals surface area contributed by atoms with Crippen LogP contribution in [0, 0.1) is 0 Å². The second-order valence-corrected chi connectivity index (χ2v) is 10.9. The van der Waals surface area contributed by atoms with Gasteiger partial charge in [-0.1, -0.05) is 13.8 Å². The van der Waals surface area contributed by atoms with Crippen molar-refractivity contribution in [2.45, 2.75) is 38.5 Å². The van der Waals surface area contributed by atoms with Crippen molar-refractivity contribution in [1.29, 1.82) is 0 Å². The molecule has 1 aliphatic heterocycles. The number of hydrogen-bond acceptors (Lipinski definition) is 11. The molecular weight excluding hydrogens is 542 g/mol. The number of fused-ring (bicyclic) bond motifs is 1. The zero-order valence-corrected chi connectivity index (χ0v) is 24.9. The summed E-state index contributed by atoms with van der Waals surface area (Å²) < 4.78 is 33.6. The molecule has 1 saturated heterocycles. The zero-order valence-electron chi connectivity index (χ0n) is 24.9. The number of anilines is 2. The number of nitrogens with one attached hydrogen (secondary N) is 2. The van der Waals surface area contributed by atoms with Gasteiger partial charge in [0.05, 0.1) is 34.5 Å². The second-order valence-electron chi connectivity index (χ2n) is 10.9. The lowest BCUT2D eigenvalue weighted by Gasteiger charge is -2.26. The summed E-state index contributed by atoms with van der Waals surface area (Å²) in [5, 5.41) is 5.95. The van der Waals surface area contributed by atoms with Crippen molar-refractivity contribution in [3.05, 3.63) is 41.2 Å². The van der Waals surface area contributed by atoms with Crippen molar-refractivity contribution < 1.29 is 32.9 Å². The molecule has 12 heteroatoms. The lowest BCUT2D eigenvalue weighted by atomic mass is 9.86. The van der Waals surface area contributed by atoms with E-state index in [1.165, 1.54) is 31.4 Å². The van der Waals surface area contributed by atoms with Crippen molar-refractivity contribution in [1.82, 2.24) is 14.9 Å². The Balaban J connectivity index is 1.25. The van der Waals surface area contributed by atoms with Crippen molar-refractivity contribution in [3.8, 4) is 29.2 Å². The Labute approximate surface area is 245 Å². The van der Waals surface area contributed by atoms with Gasteiger partial charge in [0.1, 0.15) is 0 Å². The van der Waals surface area contributed by atoms with Gasteiger partial charge in [0, 0.05) is 25.7 Å². The molecule has 2 aromatic heterocycles. The van der Waals surface area contributed by atoms with Gasteiger partial charge in [-0.15, -0.1) is 0 Å². The average molecular weight is 582 g/mol. The number of benzene rings is 1. The molecule has 0 unspecified atom stereocenters. The van der Waals surface area contributed by atoms with E-state index >= 15 is 0 Å². The molecule has 3 heterocycles. The van der Waals surface area contributed by atoms with Crippen molar-refractivity contribution in [2.24, 2.45) is 0 Å². The number of methoxy groups -OCH3 is 3. The highest BCUT2D eigenvalue weighted by atomic mass is 16.6. The number of amides is 1. The maximum absolute atomic E-state index is 13.1. The standard InChI is InChI=1S/C30H39N5O7/c1-30(2)10-9-19-17-22(37-3)23(18-20(19)30)42-24-8-7-21(41-24)26(36)32-25-27(38-4)33-29(34-28(25)39-5)31-11-6-12-35-13-15-40-16-14-35/h7-8,17-18H,6,9-16H2,1-5H3,(H,32,36)(H,31,33,34). The summed E-state index contributed by atoms with van der Waals surface area (Å²) in [5.74, 6) is 1.41. The van der Waals surface area contributed by atoms with Crippen LogP contribution in [0.4, 0.5) is 11.6 Å². The molecule has 1 aliphatic carbocycles. The molecule has 0 saturated carbocycles. The molecule has 1 amide bonds. The fourth-order valence-corrected chi connectivity index (χ4v) is 5.27. The van der Waals surface area contributed by atoms with Gasteiger partial charge in [-0.25, -0.2) is 0 Å². The molecule has 3 aromatic rings. The third-order valence-corrected chi connectivity index (χ3v) is 7.66. The molecule has 0 radical (unpaired) electrons. The number of carbonyl (C=O) groups is 1. The fourth-order valence-electron chi connectivity index (χ4n) is 5.27. The number of ether oxygens (including phenoxy) is 5. The highest BCUT2D eigenvalue weighted by Gasteiger charge is 2.32. The van der Waals surface area contributed by atoms with E-state index in [2.05, 4.69) is 39.3 Å². The molecule has 1 aromatic carbocycles. The molecule has 1 fully saturated rings. The van der Waals surface area contributed by atoms with E-state index < -0.39 is 5.91 Å². The topological polar surface area (TPSA) is 129 Å². The molecule has 0 spiro atoms. The summed E-state index contributed by atoms with van der Waals surface area (Å²) >= 11 is 0. The Morgan fingerprint density at radius 3 is 2.45 bits per heavy atom. The first-order valence-electron chi connectivity index (χ1n) is 14.2. The van der Waals surface area contributed by atoms with Crippen LogP contribution in [0.25, 0.3) is 0 Å². The van der Waals surface area contributed by atoms with Crippen LogP contribution in [0.1, 0.15) is 48.4 Å². The van der Waals surface area contributed by atoms with E-state index in [-0.39, 0.29) is 34.6 Å². The van der Waals surface area contributed by atoms with Gasteiger partial charge in [-0.05, 0) is 60.5 Å². The van der Waals surface area contributed by atoms with E-state index in [9.17, 15) is 4.79 Å². The van der Waals surface area contributed by atoms with Gasteiger partial charge in [0.25, 0.3) is 11.9 Å². The normalized spacial score (nSPS) is 16.0. The lowest BCUT2D eigenvalue weighted by molar-refractivity contribution is 0.0378. The number of furan rings is 1. The summed E-state index contributed by atoms with van der Waals surface area (Å²) in [4.78, 5) is 24.3.